The highest BCUT2D eigenvalue weighted by atomic mass is 16.2. The molecule has 0 spiro atoms. The molecule has 0 bridgehead atoms. The molecule has 2 unspecified atom stereocenters. The van der Waals surface area contributed by atoms with Crippen LogP contribution in [0.25, 0.3) is 0 Å². The second-order valence-electron chi connectivity index (χ2n) is 7.55. The number of carbonyl (C=O) groups excluding carboxylic acids is 1. The van der Waals surface area contributed by atoms with Gasteiger partial charge < -0.3 is 9.47 Å². The number of hydrogen-bond acceptors (Lipinski definition) is 3. The number of fused-ring (bicyclic) bond motifs is 1. The van der Waals surface area contributed by atoms with E-state index in [-0.39, 0.29) is 17.2 Å². The normalized spacial score (nSPS) is 24.8. The molecule has 0 saturated heterocycles. The molecular weight excluding hydrogens is 276 g/mol. The summed E-state index contributed by atoms with van der Waals surface area (Å²) in [4.78, 5) is 14.6. The standard InChI is InChI=1S/C17H26N4O/c1-11(2)9-12-15(17(12,3)4)16(22)20(5)10-14-19-18-13-7-6-8-21(13)14/h9,12,15H,6-8,10H2,1-5H3. The van der Waals surface area contributed by atoms with Crippen molar-refractivity contribution in [1.29, 1.82) is 0 Å². The number of aryl methyl sites for hydroxylation is 1. The first-order chi connectivity index (χ1) is 10.3. The first-order valence-electron chi connectivity index (χ1n) is 8.13. The van der Waals surface area contributed by atoms with Crippen LogP contribution in [0.5, 0.6) is 0 Å². The summed E-state index contributed by atoms with van der Waals surface area (Å²) in [6.45, 7) is 10.1. The van der Waals surface area contributed by atoms with Crippen molar-refractivity contribution in [3.05, 3.63) is 23.3 Å². The molecule has 120 valence electrons. The predicted molar refractivity (Wildman–Crippen MR) is 85.0 cm³/mol. The van der Waals surface area contributed by atoms with Gasteiger partial charge in [0.05, 0.1) is 12.5 Å². The molecule has 5 heteroatoms. The third kappa shape index (κ3) is 2.46. The Kier molecular flexibility index (Phi) is 3.62. The molecular formula is C17H26N4O. The molecule has 5 nitrogen and oxygen atoms in total. The van der Waals surface area contributed by atoms with E-state index in [1.807, 2.05) is 11.9 Å². The number of amides is 1. The monoisotopic (exact) mass is 302 g/mol. The van der Waals surface area contributed by atoms with Gasteiger partial charge in [-0.25, -0.2) is 0 Å². The minimum Gasteiger partial charge on any atom is -0.338 e. The van der Waals surface area contributed by atoms with Gasteiger partial charge in [0.1, 0.15) is 5.82 Å². The van der Waals surface area contributed by atoms with Crippen LogP contribution in [0, 0.1) is 17.3 Å². The van der Waals surface area contributed by atoms with Gasteiger partial charge in [0.25, 0.3) is 0 Å². The zero-order valence-corrected chi connectivity index (χ0v) is 14.3. The molecule has 1 fully saturated rings. The topological polar surface area (TPSA) is 51.0 Å². The van der Waals surface area contributed by atoms with Gasteiger partial charge in [0, 0.05) is 20.0 Å². The molecule has 1 amide bonds. The first kappa shape index (κ1) is 15.3. The third-order valence-corrected chi connectivity index (χ3v) is 5.13. The van der Waals surface area contributed by atoms with Crippen molar-refractivity contribution in [2.45, 2.75) is 53.6 Å². The van der Waals surface area contributed by atoms with E-state index in [2.05, 4.69) is 48.5 Å². The van der Waals surface area contributed by atoms with E-state index in [4.69, 9.17) is 0 Å². The highest BCUT2D eigenvalue weighted by Crippen LogP contribution is 2.60. The fourth-order valence-corrected chi connectivity index (χ4v) is 3.67. The summed E-state index contributed by atoms with van der Waals surface area (Å²) in [5.41, 5.74) is 1.35. The average Bonchev–Trinajstić information content (AvgIpc) is 2.83. The van der Waals surface area contributed by atoms with E-state index in [1.165, 1.54) is 5.57 Å². The fourth-order valence-electron chi connectivity index (χ4n) is 3.67. The SMILES string of the molecule is CC(C)=CC1C(C(=O)N(C)Cc2nnc3n2CCC3)C1(C)C. The van der Waals surface area contributed by atoms with Crippen molar-refractivity contribution in [3.8, 4) is 0 Å². The van der Waals surface area contributed by atoms with Crippen LogP contribution in [0.2, 0.25) is 0 Å². The summed E-state index contributed by atoms with van der Waals surface area (Å²) in [6, 6.07) is 0. The number of carbonyl (C=O) groups is 1. The summed E-state index contributed by atoms with van der Waals surface area (Å²) in [5, 5.41) is 8.47. The molecule has 1 saturated carbocycles. The van der Waals surface area contributed by atoms with Crippen molar-refractivity contribution in [2.75, 3.05) is 7.05 Å². The van der Waals surface area contributed by atoms with Crippen LogP contribution in [-0.2, 0) is 24.3 Å². The van der Waals surface area contributed by atoms with Gasteiger partial charge in [0.2, 0.25) is 5.91 Å². The van der Waals surface area contributed by atoms with Gasteiger partial charge in [0.15, 0.2) is 5.82 Å². The van der Waals surface area contributed by atoms with Gasteiger partial charge in [-0.15, -0.1) is 10.2 Å². The number of allylic oxidation sites excluding steroid dienone is 2. The quantitative estimate of drug-likeness (QED) is 0.803. The van der Waals surface area contributed by atoms with Crippen molar-refractivity contribution >= 4 is 5.91 Å². The summed E-state index contributed by atoms with van der Waals surface area (Å²) in [6.07, 6.45) is 4.38. The highest BCUT2D eigenvalue weighted by Gasteiger charge is 2.60. The number of nitrogens with zero attached hydrogens (tertiary/aromatic N) is 4. The zero-order chi connectivity index (χ0) is 16.1. The van der Waals surface area contributed by atoms with Gasteiger partial charge >= 0.3 is 0 Å². The van der Waals surface area contributed by atoms with Crippen molar-refractivity contribution in [3.63, 3.8) is 0 Å². The second-order valence-corrected chi connectivity index (χ2v) is 7.55. The maximum absolute atomic E-state index is 12.8. The molecule has 2 atom stereocenters. The first-order valence-corrected chi connectivity index (χ1v) is 8.13. The van der Waals surface area contributed by atoms with Crippen LogP contribution in [0.3, 0.4) is 0 Å². The molecule has 3 rings (SSSR count). The summed E-state index contributed by atoms with van der Waals surface area (Å²) < 4.78 is 2.16. The Morgan fingerprint density at radius 2 is 2.14 bits per heavy atom. The van der Waals surface area contributed by atoms with Crippen LogP contribution in [-0.4, -0.2) is 32.6 Å². The van der Waals surface area contributed by atoms with E-state index < -0.39 is 0 Å². The van der Waals surface area contributed by atoms with Crippen LogP contribution in [0.15, 0.2) is 11.6 Å². The third-order valence-electron chi connectivity index (χ3n) is 5.13. The van der Waals surface area contributed by atoms with Gasteiger partial charge in [-0.1, -0.05) is 25.5 Å². The van der Waals surface area contributed by atoms with E-state index in [0.717, 1.165) is 31.0 Å². The van der Waals surface area contributed by atoms with Crippen LogP contribution >= 0.6 is 0 Å². The molecule has 1 aromatic rings. The predicted octanol–water partition coefficient (Wildman–Crippen LogP) is 2.42. The number of aromatic nitrogens is 3. The van der Waals surface area contributed by atoms with Crippen LogP contribution in [0.4, 0.5) is 0 Å². The number of rotatable bonds is 4. The van der Waals surface area contributed by atoms with E-state index in [9.17, 15) is 4.79 Å². The van der Waals surface area contributed by atoms with Crippen molar-refractivity contribution < 1.29 is 4.79 Å². The van der Waals surface area contributed by atoms with Gasteiger partial charge in [-0.3, -0.25) is 4.79 Å². The minimum absolute atomic E-state index is 0.0649. The zero-order valence-electron chi connectivity index (χ0n) is 14.3. The molecule has 1 aromatic heterocycles. The van der Waals surface area contributed by atoms with Crippen molar-refractivity contribution in [1.82, 2.24) is 19.7 Å². The lowest BCUT2D eigenvalue weighted by Gasteiger charge is -2.17. The Morgan fingerprint density at radius 3 is 2.82 bits per heavy atom. The average molecular weight is 302 g/mol. The molecule has 22 heavy (non-hydrogen) atoms. The fraction of sp³-hybridized carbons (Fsp3) is 0.706. The molecule has 2 aliphatic rings. The van der Waals surface area contributed by atoms with Gasteiger partial charge in [-0.05, 0) is 31.6 Å². The Balaban J connectivity index is 1.69. The van der Waals surface area contributed by atoms with E-state index >= 15 is 0 Å². The van der Waals surface area contributed by atoms with Crippen molar-refractivity contribution in [2.24, 2.45) is 17.3 Å². The summed E-state index contributed by atoms with van der Waals surface area (Å²) in [7, 11) is 1.88. The van der Waals surface area contributed by atoms with Crippen LogP contribution in [0.1, 0.15) is 45.8 Å². The lowest BCUT2D eigenvalue weighted by Crippen LogP contribution is -2.30. The Bertz CT molecular complexity index is 625. The van der Waals surface area contributed by atoms with E-state index in [1.54, 1.807) is 0 Å². The molecule has 2 heterocycles. The summed E-state index contributed by atoms with van der Waals surface area (Å²) in [5.74, 6) is 2.65. The Hall–Kier alpha value is -1.65. The molecule has 1 aliphatic carbocycles. The van der Waals surface area contributed by atoms with E-state index in [0.29, 0.717) is 12.5 Å². The smallest absolute Gasteiger partial charge is 0.227 e. The van der Waals surface area contributed by atoms with Gasteiger partial charge in [-0.2, -0.15) is 0 Å². The summed E-state index contributed by atoms with van der Waals surface area (Å²) >= 11 is 0. The lowest BCUT2D eigenvalue weighted by atomic mass is 10.1. The minimum atomic E-state index is 0.0649. The van der Waals surface area contributed by atoms with Crippen LogP contribution < -0.4 is 0 Å². The molecule has 0 N–H and O–H groups in total. The number of hydrogen-bond donors (Lipinski definition) is 0. The maximum atomic E-state index is 12.8. The molecule has 0 aromatic carbocycles. The maximum Gasteiger partial charge on any atom is 0.227 e. The highest BCUT2D eigenvalue weighted by molar-refractivity contribution is 5.83. The molecule has 1 aliphatic heterocycles. The second kappa shape index (κ2) is 5.21. The molecule has 0 radical (unpaired) electrons. The Morgan fingerprint density at radius 1 is 1.41 bits per heavy atom. The Labute approximate surface area is 132 Å². The lowest BCUT2D eigenvalue weighted by molar-refractivity contribution is -0.132. The largest absolute Gasteiger partial charge is 0.338 e.